The van der Waals surface area contributed by atoms with Gasteiger partial charge in [-0.3, -0.25) is 4.79 Å². The van der Waals surface area contributed by atoms with Crippen molar-refractivity contribution < 1.29 is 14.3 Å². The zero-order valence-corrected chi connectivity index (χ0v) is 21.6. The maximum atomic E-state index is 12.7. The summed E-state index contributed by atoms with van der Waals surface area (Å²) < 4.78 is 6.69. The highest BCUT2D eigenvalue weighted by atomic mass is 32.2. The van der Waals surface area contributed by atoms with Gasteiger partial charge in [-0.1, -0.05) is 37.2 Å². The number of hydrogen-bond acceptors (Lipinski definition) is 7. The molecule has 0 spiro atoms. The maximum absolute atomic E-state index is 12.7. The molecule has 4 rings (SSSR count). The fourth-order valence-electron chi connectivity index (χ4n) is 4.11. The molecule has 0 saturated carbocycles. The molecule has 1 N–H and O–H groups in total. The number of thioether (sulfide) groups is 1. The van der Waals surface area contributed by atoms with E-state index in [9.17, 15) is 9.59 Å². The molecule has 34 heavy (non-hydrogen) atoms. The van der Waals surface area contributed by atoms with Crippen LogP contribution in [0.15, 0.2) is 35.5 Å². The van der Waals surface area contributed by atoms with E-state index in [2.05, 4.69) is 28.5 Å². The highest BCUT2D eigenvalue weighted by Gasteiger charge is 2.24. The van der Waals surface area contributed by atoms with E-state index < -0.39 is 0 Å². The Labute approximate surface area is 208 Å². The van der Waals surface area contributed by atoms with Crippen LogP contribution in [-0.2, 0) is 36.0 Å². The summed E-state index contributed by atoms with van der Waals surface area (Å²) in [7, 11) is 3.31. The maximum Gasteiger partial charge on any atom is 0.337 e. The molecule has 0 aliphatic heterocycles. The fourth-order valence-corrected chi connectivity index (χ4v) is 6.18. The first-order valence-electron chi connectivity index (χ1n) is 11.5. The van der Waals surface area contributed by atoms with Gasteiger partial charge < -0.3 is 14.6 Å². The lowest BCUT2D eigenvalue weighted by Crippen LogP contribution is -2.30. The SMILES string of the molecule is CCC1CCc2sc(-c3nnc(SC(C)C(=O)NCc4ccc(C(=O)OC)cc4)n3C)cc2C1. The van der Waals surface area contributed by atoms with Gasteiger partial charge in [0.05, 0.1) is 22.8 Å². The van der Waals surface area contributed by atoms with Crippen molar-refractivity contribution in [1.82, 2.24) is 20.1 Å². The quantitative estimate of drug-likeness (QED) is 0.360. The Balaban J connectivity index is 1.36. The number of nitrogens with zero attached hydrogens (tertiary/aromatic N) is 3. The fraction of sp³-hybridized carbons (Fsp3) is 0.440. The molecule has 2 aromatic heterocycles. The second kappa shape index (κ2) is 10.7. The van der Waals surface area contributed by atoms with Crippen molar-refractivity contribution in [3.63, 3.8) is 0 Å². The van der Waals surface area contributed by atoms with Crippen molar-refractivity contribution in [3.05, 3.63) is 51.9 Å². The number of esters is 1. The number of aryl methyl sites for hydroxylation is 1. The molecule has 2 unspecified atom stereocenters. The topological polar surface area (TPSA) is 86.1 Å². The average molecular weight is 499 g/mol. The number of hydrogen-bond donors (Lipinski definition) is 1. The Morgan fingerprint density at radius 3 is 2.76 bits per heavy atom. The van der Waals surface area contributed by atoms with Crippen molar-refractivity contribution in [3.8, 4) is 10.7 Å². The molecule has 2 heterocycles. The van der Waals surface area contributed by atoms with E-state index in [4.69, 9.17) is 4.74 Å². The van der Waals surface area contributed by atoms with Crippen molar-refractivity contribution in [2.24, 2.45) is 13.0 Å². The first-order chi connectivity index (χ1) is 16.4. The number of nitrogens with one attached hydrogen (secondary N) is 1. The molecular weight excluding hydrogens is 468 g/mol. The Kier molecular flexibility index (Phi) is 7.73. The number of rotatable bonds is 8. The molecule has 180 valence electrons. The number of benzene rings is 1. The largest absolute Gasteiger partial charge is 0.465 e. The van der Waals surface area contributed by atoms with Gasteiger partial charge in [-0.25, -0.2) is 4.79 Å². The zero-order valence-electron chi connectivity index (χ0n) is 20.0. The van der Waals surface area contributed by atoms with Gasteiger partial charge in [0.2, 0.25) is 5.91 Å². The summed E-state index contributed by atoms with van der Waals surface area (Å²) in [6, 6.07) is 9.28. The molecule has 1 aliphatic carbocycles. The van der Waals surface area contributed by atoms with E-state index in [1.165, 1.54) is 42.2 Å². The normalized spacial score (nSPS) is 16.1. The van der Waals surface area contributed by atoms with Gasteiger partial charge in [0.15, 0.2) is 11.0 Å². The number of fused-ring (bicyclic) bond motifs is 1. The summed E-state index contributed by atoms with van der Waals surface area (Å²) in [5.74, 6) is 1.18. The van der Waals surface area contributed by atoms with E-state index in [0.717, 1.165) is 40.2 Å². The van der Waals surface area contributed by atoms with Crippen LogP contribution >= 0.6 is 23.1 Å². The van der Waals surface area contributed by atoms with Gasteiger partial charge in [0.1, 0.15) is 0 Å². The van der Waals surface area contributed by atoms with E-state index in [0.29, 0.717) is 12.1 Å². The summed E-state index contributed by atoms with van der Waals surface area (Å²) in [6.07, 6.45) is 4.81. The van der Waals surface area contributed by atoms with Crippen molar-refractivity contribution in [2.45, 2.75) is 56.5 Å². The highest BCUT2D eigenvalue weighted by Crippen LogP contribution is 2.38. The van der Waals surface area contributed by atoms with Crippen LogP contribution in [0.1, 0.15) is 53.1 Å². The molecule has 9 heteroatoms. The number of carbonyl (C=O) groups excluding carboxylic acids is 2. The Hall–Kier alpha value is -2.65. The molecule has 3 aromatic rings. The lowest BCUT2D eigenvalue weighted by atomic mass is 9.87. The third kappa shape index (κ3) is 5.36. The van der Waals surface area contributed by atoms with Crippen LogP contribution in [0.3, 0.4) is 0 Å². The number of ether oxygens (including phenoxy) is 1. The third-order valence-corrected chi connectivity index (χ3v) is 8.68. The third-order valence-electron chi connectivity index (χ3n) is 6.31. The van der Waals surface area contributed by atoms with E-state index in [1.807, 2.05) is 42.0 Å². The van der Waals surface area contributed by atoms with Gasteiger partial charge in [0, 0.05) is 18.5 Å². The Bertz CT molecular complexity index is 1170. The number of thiophene rings is 1. The first-order valence-corrected chi connectivity index (χ1v) is 13.2. The Morgan fingerprint density at radius 2 is 2.06 bits per heavy atom. The minimum Gasteiger partial charge on any atom is -0.465 e. The minimum absolute atomic E-state index is 0.0798. The van der Waals surface area contributed by atoms with E-state index >= 15 is 0 Å². The van der Waals surface area contributed by atoms with Crippen LogP contribution in [0, 0.1) is 5.92 Å². The summed E-state index contributed by atoms with van der Waals surface area (Å²) in [6.45, 7) is 4.52. The molecule has 1 aliphatic rings. The number of aromatic nitrogens is 3. The summed E-state index contributed by atoms with van der Waals surface area (Å²) >= 11 is 3.22. The first kappa shape index (κ1) is 24.5. The molecule has 0 radical (unpaired) electrons. The second-order valence-corrected chi connectivity index (χ2v) is 11.1. The molecule has 1 amide bonds. The van der Waals surface area contributed by atoms with Crippen LogP contribution in [-0.4, -0.2) is 39.0 Å². The van der Waals surface area contributed by atoms with Crippen LogP contribution in [0.25, 0.3) is 10.7 Å². The molecule has 0 bridgehead atoms. The number of carbonyl (C=O) groups is 2. The van der Waals surface area contributed by atoms with Gasteiger partial charge >= 0.3 is 5.97 Å². The number of amides is 1. The predicted octanol–water partition coefficient (Wildman–Crippen LogP) is 4.64. The molecule has 7 nitrogen and oxygen atoms in total. The monoisotopic (exact) mass is 498 g/mol. The van der Waals surface area contributed by atoms with Crippen LogP contribution in [0.5, 0.6) is 0 Å². The minimum atomic E-state index is -0.378. The van der Waals surface area contributed by atoms with Crippen LogP contribution < -0.4 is 5.32 Å². The summed E-state index contributed by atoms with van der Waals surface area (Å²) in [4.78, 5) is 26.8. The molecular formula is C25H30N4O3S2. The van der Waals surface area contributed by atoms with Crippen molar-refractivity contribution in [1.29, 1.82) is 0 Å². The summed E-state index contributed by atoms with van der Waals surface area (Å²) in [5, 5.41) is 12.1. The lowest BCUT2D eigenvalue weighted by Gasteiger charge is -2.19. The van der Waals surface area contributed by atoms with Crippen LogP contribution in [0.4, 0.5) is 0 Å². The zero-order chi connectivity index (χ0) is 24.2. The smallest absolute Gasteiger partial charge is 0.337 e. The number of methoxy groups -OCH3 is 1. The second-order valence-electron chi connectivity index (χ2n) is 8.61. The molecule has 0 saturated heterocycles. The molecule has 2 atom stereocenters. The predicted molar refractivity (Wildman–Crippen MR) is 135 cm³/mol. The highest BCUT2D eigenvalue weighted by molar-refractivity contribution is 8.00. The average Bonchev–Trinajstić information content (AvgIpc) is 3.44. The van der Waals surface area contributed by atoms with E-state index in [-0.39, 0.29) is 17.1 Å². The van der Waals surface area contributed by atoms with Gasteiger partial charge in [-0.2, -0.15) is 0 Å². The van der Waals surface area contributed by atoms with Gasteiger partial charge in [0.25, 0.3) is 0 Å². The Morgan fingerprint density at radius 1 is 1.29 bits per heavy atom. The van der Waals surface area contributed by atoms with Gasteiger partial charge in [-0.15, -0.1) is 21.5 Å². The van der Waals surface area contributed by atoms with Crippen molar-refractivity contribution in [2.75, 3.05) is 7.11 Å². The van der Waals surface area contributed by atoms with Crippen LogP contribution in [0.2, 0.25) is 0 Å². The molecule has 1 aromatic carbocycles. The standard InChI is InChI=1S/C25H30N4O3S2/c1-5-16-8-11-20-19(12-16)13-21(34-20)22-27-28-25(29(22)3)33-15(2)23(30)26-14-17-6-9-18(10-7-17)24(31)32-4/h6-7,9-10,13,15-16H,5,8,11-12,14H2,1-4H3,(H,26,30). The van der Waals surface area contributed by atoms with Crippen molar-refractivity contribution >= 4 is 35.0 Å². The lowest BCUT2D eigenvalue weighted by molar-refractivity contribution is -0.120. The molecule has 0 fully saturated rings. The summed E-state index contributed by atoms with van der Waals surface area (Å²) in [5.41, 5.74) is 2.85. The van der Waals surface area contributed by atoms with E-state index in [1.54, 1.807) is 12.1 Å². The van der Waals surface area contributed by atoms with Gasteiger partial charge in [-0.05, 0) is 61.4 Å².